The first-order chi connectivity index (χ1) is 6.06. The maximum atomic E-state index is 3.50. The summed E-state index contributed by atoms with van der Waals surface area (Å²) in [6.45, 7) is 5.86. The Balaban J connectivity index is 3.34. The molecule has 0 aromatic heterocycles. The Hall–Kier alpha value is 0.400. The molecule has 80 valence electrons. The molecular formula is C10H23BrN2. The van der Waals surface area contributed by atoms with Crippen molar-refractivity contribution in [3.8, 4) is 0 Å². The van der Waals surface area contributed by atoms with Crippen LogP contribution in [0.25, 0.3) is 0 Å². The molecule has 0 fully saturated rings. The molecule has 0 N–H and O–H groups in total. The van der Waals surface area contributed by atoms with Crippen molar-refractivity contribution in [3.05, 3.63) is 0 Å². The molecule has 0 rings (SSSR count). The number of rotatable bonds is 7. The van der Waals surface area contributed by atoms with Crippen LogP contribution in [0.3, 0.4) is 0 Å². The van der Waals surface area contributed by atoms with E-state index in [-0.39, 0.29) is 0 Å². The van der Waals surface area contributed by atoms with Gasteiger partial charge in [0.15, 0.2) is 0 Å². The van der Waals surface area contributed by atoms with Crippen LogP contribution in [0.2, 0.25) is 0 Å². The van der Waals surface area contributed by atoms with Gasteiger partial charge in [0.05, 0.1) is 0 Å². The van der Waals surface area contributed by atoms with Crippen LogP contribution in [0.5, 0.6) is 0 Å². The van der Waals surface area contributed by atoms with Crippen LogP contribution >= 0.6 is 15.9 Å². The Bertz CT molecular complexity index is 117. The second-order valence-electron chi connectivity index (χ2n) is 4.18. The monoisotopic (exact) mass is 250 g/mol. The van der Waals surface area contributed by atoms with Crippen molar-refractivity contribution in [2.24, 2.45) is 5.92 Å². The van der Waals surface area contributed by atoms with Crippen molar-refractivity contribution >= 4 is 15.9 Å². The molecular weight excluding hydrogens is 228 g/mol. The standard InChI is InChI=1S/C10H23BrN2/c1-10(8-11)9-13(4)7-5-6-12(2)3/h10H,5-9H2,1-4H3. The minimum absolute atomic E-state index is 0.754. The van der Waals surface area contributed by atoms with Crippen LogP contribution in [-0.4, -0.2) is 55.9 Å². The zero-order valence-corrected chi connectivity index (χ0v) is 11.0. The molecule has 1 unspecified atom stereocenters. The number of nitrogens with zero attached hydrogens (tertiary/aromatic N) is 2. The van der Waals surface area contributed by atoms with E-state index in [0.29, 0.717) is 0 Å². The van der Waals surface area contributed by atoms with E-state index >= 15 is 0 Å². The summed E-state index contributed by atoms with van der Waals surface area (Å²) in [6.07, 6.45) is 1.26. The number of alkyl halides is 1. The molecule has 0 spiro atoms. The third-order valence-corrected chi connectivity index (χ3v) is 3.14. The predicted molar refractivity (Wildman–Crippen MR) is 63.6 cm³/mol. The largest absolute Gasteiger partial charge is 0.309 e. The molecule has 0 aliphatic carbocycles. The van der Waals surface area contributed by atoms with E-state index in [9.17, 15) is 0 Å². The quantitative estimate of drug-likeness (QED) is 0.638. The molecule has 1 atom stereocenters. The third kappa shape index (κ3) is 8.72. The van der Waals surface area contributed by atoms with Crippen molar-refractivity contribution in [2.45, 2.75) is 13.3 Å². The first-order valence-corrected chi connectivity index (χ1v) is 6.07. The number of hydrogen-bond acceptors (Lipinski definition) is 2. The lowest BCUT2D eigenvalue weighted by atomic mass is 10.2. The topological polar surface area (TPSA) is 6.48 Å². The number of hydrogen-bond donors (Lipinski definition) is 0. The Morgan fingerprint density at radius 3 is 2.23 bits per heavy atom. The minimum atomic E-state index is 0.754. The highest BCUT2D eigenvalue weighted by Crippen LogP contribution is 2.02. The van der Waals surface area contributed by atoms with Gasteiger partial charge in [-0.3, -0.25) is 0 Å². The van der Waals surface area contributed by atoms with Crippen molar-refractivity contribution < 1.29 is 0 Å². The van der Waals surface area contributed by atoms with Gasteiger partial charge in [0, 0.05) is 11.9 Å². The molecule has 0 radical (unpaired) electrons. The summed E-state index contributed by atoms with van der Waals surface area (Å²) in [5.41, 5.74) is 0. The Morgan fingerprint density at radius 1 is 1.15 bits per heavy atom. The Labute approximate surface area is 91.4 Å². The normalized spacial score (nSPS) is 14.1. The second kappa shape index (κ2) is 7.77. The van der Waals surface area contributed by atoms with Gasteiger partial charge in [-0.05, 0) is 46.6 Å². The molecule has 2 nitrogen and oxygen atoms in total. The van der Waals surface area contributed by atoms with E-state index in [1.807, 2.05) is 0 Å². The third-order valence-electron chi connectivity index (χ3n) is 2.03. The van der Waals surface area contributed by atoms with E-state index < -0.39 is 0 Å². The van der Waals surface area contributed by atoms with Gasteiger partial charge in [-0.15, -0.1) is 0 Å². The van der Waals surface area contributed by atoms with Crippen molar-refractivity contribution in [1.29, 1.82) is 0 Å². The van der Waals surface area contributed by atoms with E-state index in [1.54, 1.807) is 0 Å². The van der Waals surface area contributed by atoms with Gasteiger partial charge >= 0.3 is 0 Å². The maximum Gasteiger partial charge on any atom is 0.00692 e. The summed E-state index contributed by atoms with van der Waals surface area (Å²) in [7, 11) is 6.46. The van der Waals surface area contributed by atoms with Crippen molar-refractivity contribution in [2.75, 3.05) is 46.1 Å². The van der Waals surface area contributed by atoms with Gasteiger partial charge in [-0.25, -0.2) is 0 Å². The summed E-state index contributed by atoms with van der Waals surface area (Å²) in [4.78, 5) is 4.65. The SMILES string of the molecule is CC(CBr)CN(C)CCCN(C)C. The Kier molecular flexibility index (Phi) is 8.01. The van der Waals surface area contributed by atoms with Gasteiger partial charge in [0.1, 0.15) is 0 Å². The highest BCUT2D eigenvalue weighted by atomic mass is 79.9. The first-order valence-electron chi connectivity index (χ1n) is 4.95. The first kappa shape index (κ1) is 13.4. The van der Waals surface area contributed by atoms with Crippen LogP contribution in [-0.2, 0) is 0 Å². The Morgan fingerprint density at radius 2 is 1.77 bits per heavy atom. The fourth-order valence-corrected chi connectivity index (χ4v) is 1.53. The molecule has 0 aliphatic heterocycles. The molecule has 0 aromatic carbocycles. The highest BCUT2D eigenvalue weighted by molar-refractivity contribution is 9.09. The lowest BCUT2D eigenvalue weighted by Crippen LogP contribution is -2.28. The summed E-state index contributed by atoms with van der Waals surface area (Å²) in [5.74, 6) is 0.754. The van der Waals surface area contributed by atoms with Crippen LogP contribution in [0.1, 0.15) is 13.3 Å². The molecule has 0 saturated heterocycles. The van der Waals surface area contributed by atoms with Crippen LogP contribution in [0.15, 0.2) is 0 Å². The smallest absolute Gasteiger partial charge is 0.00692 e. The van der Waals surface area contributed by atoms with Crippen LogP contribution in [0.4, 0.5) is 0 Å². The second-order valence-corrected chi connectivity index (χ2v) is 4.83. The summed E-state index contributed by atoms with van der Waals surface area (Å²) in [6, 6.07) is 0. The van der Waals surface area contributed by atoms with Gasteiger partial charge in [0.25, 0.3) is 0 Å². The lowest BCUT2D eigenvalue weighted by molar-refractivity contribution is 0.276. The lowest BCUT2D eigenvalue weighted by Gasteiger charge is -2.20. The van der Waals surface area contributed by atoms with Crippen LogP contribution in [0, 0.1) is 5.92 Å². The molecule has 0 amide bonds. The fraction of sp³-hybridized carbons (Fsp3) is 1.00. The minimum Gasteiger partial charge on any atom is -0.309 e. The molecule has 0 bridgehead atoms. The summed E-state index contributed by atoms with van der Waals surface area (Å²) < 4.78 is 0. The van der Waals surface area contributed by atoms with Gasteiger partial charge in [0.2, 0.25) is 0 Å². The zero-order valence-electron chi connectivity index (χ0n) is 9.39. The van der Waals surface area contributed by atoms with Gasteiger partial charge in [-0.1, -0.05) is 22.9 Å². The number of halogens is 1. The molecule has 0 aromatic rings. The van der Waals surface area contributed by atoms with Gasteiger partial charge in [-0.2, -0.15) is 0 Å². The highest BCUT2D eigenvalue weighted by Gasteiger charge is 2.04. The molecule has 0 saturated carbocycles. The predicted octanol–water partition coefficient (Wildman–Crippen LogP) is 1.90. The van der Waals surface area contributed by atoms with E-state index in [4.69, 9.17) is 0 Å². The summed E-state index contributed by atoms with van der Waals surface area (Å²) in [5, 5.41) is 1.10. The van der Waals surface area contributed by atoms with E-state index in [2.05, 4.69) is 53.8 Å². The van der Waals surface area contributed by atoms with Crippen molar-refractivity contribution in [1.82, 2.24) is 9.80 Å². The fourth-order valence-electron chi connectivity index (χ4n) is 1.33. The van der Waals surface area contributed by atoms with E-state index in [0.717, 1.165) is 11.2 Å². The van der Waals surface area contributed by atoms with Gasteiger partial charge < -0.3 is 9.80 Å². The zero-order chi connectivity index (χ0) is 10.3. The average molecular weight is 251 g/mol. The average Bonchev–Trinajstić information content (AvgIpc) is 2.03. The van der Waals surface area contributed by atoms with Crippen molar-refractivity contribution in [3.63, 3.8) is 0 Å². The summed E-state index contributed by atoms with van der Waals surface area (Å²) >= 11 is 3.50. The molecule has 0 aliphatic rings. The van der Waals surface area contributed by atoms with E-state index in [1.165, 1.54) is 26.1 Å². The molecule has 3 heteroatoms. The molecule has 13 heavy (non-hydrogen) atoms. The maximum absolute atomic E-state index is 3.50. The van der Waals surface area contributed by atoms with Crippen LogP contribution < -0.4 is 0 Å². The molecule has 0 heterocycles.